The summed E-state index contributed by atoms with van der Waals surface area (Å²) in [6, 6.07) is -0.533. The molecule has 7 nitrogen and oxygen atoms in total. The van der Waals surface area contributed by atoms with Crippen LogP contribution in [0.4, 0.5) is 4.79 Å². The molecule has 2 heterocycles. The standard InChI is InChI=1S/C12H16N4O3S/c1-12(2)10(18)16(11(19)15-12)5-9(17)13-4-3-8-6-20-7-14-8/h6-7H,3-5H2,1-2H3,(H,13,17)(H,15,19). The van der Waals surface area contributed by atoms with E-state index in [1.165, 1.54) is 11.3 Å². The highest BCUT2D eigenvalue weighted by atomic mass is 32.1. The summed E-state index contributed by atoms with van der Waals surface area (Å²) >= 11 is 1.50. The highest BCUT2D eigenvalue weighted by Gasteiger charge is 2.44. The van der Waals surface area contributed by atoms with Crippen molar-refractivity contribution in [1.82, 2.24) is 20.5 Å². The maximum absolute atomic E-state index is 11.9. The van der Waals surface area contributed by atoms with Gasteiger partial charge >= 0.3 is 6.03 Å². The maximum atomic E-state index is 11.9. The van der Waals surface area contributed by atoms with E-state index in [4.69, 9.17) is 0 Å². The van der Waals surface area contributed by atoms with Gasteiger partial charge in [0.25, 0.3) is 5.91 Å². The number of nitrogens with one attached hydrogen (secondary N) is 2. The molecule has 0 unspecified atom stereocenters. The molecule has 8 heteroatoms. The van der Waals surface area contributed by atoms with Gasteiger partial charge in [0, 0.05) is 18.3 Å². The van der Waals surface area contributed by atoms with Crippen LogP contribution in [0.3, 0.4) is 0 Å². The van der Waals surface area contributed by atoms with Gasteiger partial charge in [0.1, 0.15) is 12.1 Å². The predicted molar refractivity (Wildman–Crippen MR) is 73.2 cm³/mol. The lowest BCUT2D eigenvalue weighted by atomic mass is 10.1. The monoisotopic (exact) mass is 296 g/mol. The minimum absolute atomic E-state index is 0.259. The van der Waals surface area contributed by atoms with Crippen LogP contribution in [0.5, 0.6) is 0 Å². The van der Waals surface area contributed by atoms with E-state index in [1.54, 1.807) is 19.4 Å². The third-order valence-electron chi connectivity index (χ3n) is 2.93. The van der Waals surface area contributed by atoms with Gasteiger partial charge in [-0.3, -0.25) is 14.5 Å². The Morgan fingerprint density at radius 1 is 1.50 bits per heavy atom. The molecular weight excluding hydrogens is 280 g/mol. The number of rotatable bonds is 5. The molecule has 0 spiro atoms. The van der Waals surface area contributed by atoms with Gasteiger partial charge in [-0.1, -0.05) is 0 Å². The first kappa shape index (κ1) is 14.4. The van der Waals surface area contributed by atoms with Crippen LogP contribution in [-0.2, 0) is 16.0 Å². The van der Waals surface area contributed by atoms with Crippen molar-refractivity contribution in [2.24, 2.45) is 0 Å². The summed E-state index contributed by atoms with van der Waals surface area (Å²) < 4.78 is 0. The summed E-state index contributed by atoms with van der Waals surface area (Å²) in [4.78, 5) is 40.2. The zero-order valence-corrected chi connectivity index (χ0v) is 12.1. The normalized spacial score (nSPS) is 17.2. The van der Waals surface area contributed by atoms with Crippen molar-refractivity contribution < 1.29 is 14.4 Å². The lowest BCUT2D eigenvalue weighted by molar-refractivity contribution is -0.134. The molecule has 1 aliphatic heterocycles. The second kappa shape index (κ2) is 5.58. The van der Waals surface area contributed by atoms with Crippen LogP contribution in [0.15, 0.2) is 10.9 Å². The molecule has 1 saturated heterocycles. The number of carbonyl (C=O) groups is 3. The highest BCUT2D eigenvalue weighted by Crippen LogP contribution is 2.15. The molecule has 1 fully saturated rings. The molecular formula is C12H16N4O3S. The molecule has 0 atom stereocenters. The van der Waals surface area contributed by atoms with Crippen molar-refractivity contribution in [3.63, 3.8) is 0 Å². The van der Waals surface area contributed by atoms with E-state index in [-0.39, 0.29) is 12.5 Å². The van der Waals surface area contributed by atoms with Gasteiger partial charge in [-0.2, -0.15) is 0 Å². The first-order valence-electron chi connectivity index (χ1n) is 6.18. The lowest BCUT2D eigenvalue weighted by Crippen LogP contribution is -2.43. The van der Waals surface area contributed by atoms with Crippen molar-refractivity contribution in [1.29, 1.82) is 0 Å². The van der Waals surface area contributed by atoms with Crippen molar-refractivity contribution in [3.05, 3.63) is 16.6 Å². The number of thiazole rings is 1. The van der Waals surface area contributed by atoms with Crippen LogP contribution in [0.2, 0.25) is 0 Å². The molecule has 4 amide bonds. The van der Waals surface area contributed by atoms with E-state index in [0.29, 0.717) is 13.0 Å². The molecule has 1 aliphatic rings. The second-order valence-corrected chi connectivity index (χ2v) is 5.74. The Morgan fingerprint density at radius 2 is 2.25 bits per heavy atom. The average Bonchev–Trinajstić information content (AvgIpc) is 2.93. The smallest absolute Gasteiger partial charge is 0.325 e. The minimum Gasteiger partial charge on any atom is -0.354 e. The zero-order valence-electron chi connectivity index (χ0n) is 11.3. The lowest BCUT2D eigenvalue weighted by Gasteiger charge is -2.15. The summed E-state index contributed by atoms with van der Waals surface area (Å²) in [5.41, 5.74) is 1.69. The molecule has 0 bridgehead atoms. The predicted octanol–water partition coefficient (Wildman–Crippen LogP) is 0.132. The van der Waals surface area contributed by atoms with E-state index >= 15 is 0 Å². The largest absolute Gasteiger partial charge is 0.354 e. The molecule has 1 aromatic rings. The first-order chi connectivity index (χ1) is 9.40. The summed E-state index contributed by atoms with van der Waals surface area (Å²) in [5.74, 6) is -0.751. The van der Waals surface area contributed by atoms with Gasteiger partial charge < -0.3 is 10.6 Å². The summed E-state index contributed by atoms with van der Waals surface area (Å²) in [7, 11) is 0. The van der Waals surface area contributed by atoms with E-state index in [1.807, 2.05) is 5.38 Å². The number of hydrogen-bond donors (Lipinski definition) is 2. The zero-order chi connectivity index (χ0) is 14.8. The molecule has 0 saturated carbocycles. The minimum atomic E-state index is -0.946. The van der Waals surface area contributed by atoms with Crippen LogP contribution in [0.25, 0.3) is 0 Å². The fourth-order valence-corrected chi connectivity index (χ4v) is 2.44. The molecule has 2 N–H and O–H groups in total. The number of carbonyl (C=O) groups excluding carboxylic acids is 3. The first-order valence-corrected chi connectivity index (χ1v) is 7.12. The fraction of sp³-hybridized carbons (Fsp3) is 0.500. The van der Waals surface area contributed by atoms with Gasteiger partial charge in [0.15, 0.2) is 0 Å². The number of urea groups is 1. The van der Waals surface area contributed by atoms with Gasteiger partial charge in [-0.15, -0.1) is 11.3 Å². The van der Waals surface area contributed by atoms with Crippen LogP contribution in [0, 0.1) is 0 Å². The van der Waals surface area contributed by atoms with Crippen molar-refractivity contribution in [2.75, 3.05) is 13.1 Å². The SMILES string of the molecule is CC1(C)NC(=O)N(CC(=O)NCCc2cscn2)C1=O. The molecule has 0 radical (unpaired) electrons. The molecule has 1 aromatic heterocycles. The van der Waals surface area contributed by atoms with Gasteiger partial charge in [0.05, 0.1) is 11.2 Å². The van der Waals surface area contributed by atoms with E-state index in [9.17, 15) is 14.4 Å². The Morgan fingerprint density at radius 3 is 2.80 bits per heavy atom. The molecule has 20 heavy (non-hydrogen) atoms. The Kier molecular flexibility index (Phi) is 4.03. The Bertz CT molecular complexity index is 527. The topological polar surface area (TPSA) is 91.4 Å². The highest BCUT2D eigenvalue weighted by molar-refractivity contribution is 7.07. The third-order valence-corrected chi connectivity index (χ3v) is 3.57. The molecule has 2 rings (SSSR count). The maximum Gasteiger partial charge on any atom is 0.325 e. The summed E-state index contributed by atoms with van der Waals surface area (Å²) in [6.07, 6.45) is 0.626. The van der Waals surface area contributed by atoms with Crippen LogP contribution < -0.4 is 10.6 Å². The quantitative estimate of drug-likeness (QED) is 0.756. The number of nitrogens with zero attached hydrogens (tertiary/aromatic N) is 2. The van der Waals surface area contributed by atoms with Crippen LogP contribution in [-0.4, -0.2) is 46.4 Å². The molecule has 0 aliphatic carbocycles. The Balaban J connectivity index is 1.80. The number of amides is 4. The fourth-order valence-electron chi connectivity index (χ4n) is 1.85. The summed E-state index contributed by atoms with van der Waals surface area (Å²) in [5, 5.41) is 7.10. The third kappa shape index (κ3) is 3.13. The number of aromatic nitrogens is 1. The van der Waals surface area contributed by atoms with E-state index < -0.39 is 17.5 Å². The van der Waals surface area contributed by atoms with Crippen LogP contribution in [0.1, 0.15) is 19.5 Å². The summed E-state index contributed by atoms with van der Waals surface area (Å²) in [6.45, 7) is 3.38. The van der Waals surface area contributed by atoms with Crippen LogP contribution >= 0.6 is 11.3 Å². The van der Waals surface area contributed by atoms with Crippen molar-refractivity contribution in [3.8, 4) is 0 Å². The van der Waals surface area contributed by atoms with Crippen molar-refractivity contribution >= 4 is 29.2 Å². The van der Waals surface area contributed by atoms with E-state index in [0.717, 1.165) is 10.6 Å². The molecule has 108 valence electrons. The number of hydrogen-bond acceptors (Lipinski definition) is 5. The van der Waals surface area contributed by atoms with Gasteiger partial charge in [-0.25, -0.2) is 9.78 Å². The molecule has 0 aromatic carbocycles. The second-order valence-electron chi connectivity index (χ2n) is 5.03. The van der Waals surface area contributed by atoms with Crippen molar-refractivity contribution in [2.45, 2.75) is 25.8 Å². The Labute approximate surface area is 120 Å². The van der Waals surface area contributed by atoms with E-state index in [2.05, 4.69) is 15.6 Å². The number of imide groups is 1. The van der Waals surface area contributed by atoms with Gasteiger partial charge in [-0.05, 0) is 13.8 Å². The van der Waals surface area contributed by atoms with Gasteiger partial charge in [0.2, 0.25) is 5.91 Å². The Hall–Kier alpha value is -1.96. The average molecular weight is 296 g/mol.